The van der Waals surface area contributed by atoms with Crippen LogP contribution in [0.3, 0.4) is 0 Å². The Morgan fingerprint density at radius 2 is 2.19 bits per heavy atom. The van der Waals surface area contributed by atoms with Crippen LogP contribution in [0.1, 0.15) is 30.8 Å². The minimum atomic E-state index is -0.245. The number of carbonyl (C=O) groups is 1. The predicted octanol–water partition coefficient (Wildman–Crippen LogP) is 3.05. The number of thioether (sulfide) groups is 1. The molecule has 0 radical (unpaired) electrons. The van der Waals surface area contributed by atoms with Crippen molar-refractivity contribution in [1.82, 2.24) is 15.3 Å². The van der Waals surface area contributed by atoms with Crippen molar-refractivity contribution in [2.75, 3.05) is 5.75 Å². The van der Waals surface area contributed by atoms with Gasteiger partial charge in [0.2, 0.25) is 5.91 Å². The molecule has 0 aliphatic rings. The Morgan fingerprint density at radius 3 is 2.81 bits per heavy atom. The second-order valence-electron chi connectivity index (χ2n) is 4.62. The first-order chi connectivity index (χ1) is 10.2. The summed E-state index contributed by atoms with van der Waals surface area (Å²) in [6.07, 6.45) is 4.20. The largest absolute Gasteiger partial charge is 0.347 e. The second-order valence-corrected chi connectivity index (χ2v) is 5.61. The summed E-state index contributed by atoms with van der Waals surface area (Å²) in [7, 11) is 0. The fraction of sp³-hybridized carbons (Fsp3) is 0.333. The number of hydrogen-bond acceptors (Lipinski definition) is 3. The van der Waals surface area contributed by atoms with Gasteiger partial charge in [-0.3, -0.25) is 4.79 Å². The molecule has 0 spiro atoms. The van der Waals surface area contributed by atoms with Gasteiger partial charge in [-0.2, -0.15) is 0 Å². The third-order valence-electron chi connectivity index (χ3n) is 3.01. The quantitative estimate of drug-likeness (QED) is 0.826. The summed E-state index contributed by atoms with van der Waals surface area (Å²) in [5.41, 5.74) is 1.01. The maximum absolute atomic E-state index is 12.8. The molecule has 2 rings (SSSR count). The van der Waals surface area contributed by atoms with Crippen LogP contribution < -0.4 is 5.32 Å². The molecule has 0 fully saturated rings. The Balaban J connectivity index is 1.75. The first kappa shape index (κ1) is 15.6. The Hall–Kier alpha value is -1.82. The van der Waals surface area contributed by atoms with E-state index >= 15 is 0 Å². The van der Waals surface area contributed by atoms with Crippen LogP contribution in [0.4, 0.5) is 4.39 Å². The molecular weight excluding hydrogens is 289 g/mol. The van der Waals surface area contributed by atoms with Crippen LogP contribution in [0, 0.1) is 5.82 Å². The number of aromatic amines is 1. The van der Waals surface area contributed by atoms with E-state index in [1.54, 1.807) is 24.5 Å². The smallest absolute Gasteiger partial charge is 0.230 e. The Kier molecular flexibility index (Phi) is 5.80. The summed E-state index contributed by atoms with van der Waals surface area (Å²) in [6.45, 7) is 2.00. The van der Waals surface area contributed by atoms with E-state index in [2.05, 4.69) is 15.3 Å². The van der Waals surface area contributed by atoms with Gasteiger partial charge in [-0.1, -0.05) is 19.1 Å². The summed E-state index contributed by atoms with van der Waals surface area (Å²) in [4.78, 5) is 19.1. The third kappa shape index (κ3) is 4.90. The molecule has 0 aliphatic carbocycles. The van der Waals surface area contributed by atoms with Gasteiger partial charge in [0, 0.05) is 18.1 Å². The Bertz CT molecular complexity index is 557. The summed E-state index contributed by atoms with van der Waals surface area (Å²) in [5.74, 6) is 1.56. The van der Waals surface area contributed by atoms with Crippen LogP contribution >= 0.6 is 11.8 Å². The summed E-state index contributed by atoms with van der Waals surface area (Å²) in [5, 5.41) is 2.95. The van der Waals surface area contributed by atoms with E-state index in [1.807, 2.05) is 6.92 Å². The second kappa shape index (κ2) is 7.83. The van der Waals surface area contributed by atoms with Crippen molar-refractivity contribution in [3.05, 3.63) is 53.9 Å². The van der Waals surface area contributed by atoms with Gasteiger partial charge in [-0.05, 0) is 24.1 Å². The van der Waals surface area contributed by atoms with Crippen molar-refractivity contribution >= 4 is 17.7 Å². The van der Waals surface area contributed by atoms with Gasteiger partial charge in [0.1, 0.15) is 11.6 Å². The van der Waals surface area contributed by atoms with Gasteiger partial charge in [0.25, 0.3) is 0 Å². The molecular formula is C15H18FN3OS. The van der Waals surface area contributed by atoms with Gasteiger partial charge < -0.3 is 10.3 Å². The SMILES string of the molecule is CCC(NC(=O)CSCc1ccc(F)cc1)c1ncc[nH]1. The van der Waals surface area contributed by atoms with Crippen molar-refractivity contribution in [2.24, 2.45) is 0 Å². The zero-order chi connectivity index (χ0) is 15.1. The average Bonchev–Trinajstić information content (AvgIpc) is 3.01. The number of nitrogens with zero attached hydrogens (tertiary/aromatic N) is 1. The molecule has 1 amide bonds. The number of H-pyrrole nitrogens is 1. The molecule has 1 unspecified atom stereocenters. The van der Waals surface area contributed by atoms with Crippen LogP contribution in [-0.4, -0.2) is 21.6 Å². The molecule has 0 aliphatic heterocycles. The number of amides is 1. The van der Waals surface area contributed by atoms with Crippen molar-refractivity contribution < 1.29 is 9.18 Å². The van der Waals surface area contributed by atoms with E-state index in [1.165, 1.54) is 23.9 Å². The molecule has 2 aromatic rings. The van der Waals surface area contributed by atoms with Crippen molar-refractivity contribution in [3.8, 4) is 0 Å². The molecule has 21 heavy (non-hydrogen) atoms. The summed E-state index contributed by atoms with van der Waals surface area (Å²) >= 11 is 1.50. The highest BCUT2D eigenvalue weighted by Crippen LogP contribution is 2.14. The normalized spacial score (nSPS) is 12.1. The molecule has 112 valence electrons. The molecule has 6 heteroatoms. The van der Waals surface area contributed by atoms with E-state index in [-0.39, 0.29) is 17.8 Å². The molecule has 1 aromatic heterocycles. The zero-order valence-corrected chi connectivity index (χ0v) is 12.6. The lowest BCUT2D eigenvalue weighted by Crippen LogP contribution is -2.30. The van der Waals surface area contributed by atoms with E-state index in [0.29, 0.717) is 11.5 Å². The molecule has 1 heterocycles. The van der Waals surface area contributed by atoms with Crippen LogP contribution in [0.5, 0.6) is 0 Å². The highest BCUT2D eigenvalue weighted by atomic mass is 32.2. The molecule has 4 nitrogen and oxygen atoms in total. The van der Waals surface area contributed by atoms with E-state index in [0.717, 1.165) is 17.8 Å². The predicted molar refractivity (Wildman–Crippen MR) is 82.3 cm³/mol. The molecule has 0 saturated carbocycles. The number of benzene rings is 1. The lowest BCUT2D eigenvalue weighted by Gasteiger charge is -2.14. The standard InChI is InChI=1S/C15H18FN3OS/c1-2-13(15-17-7-8-18-15)19-14(20)10-21-9-11-3-5-12(16)6-4-11/h3-8,13H,2,9-10H2,1H3,(H,17,18)(H,19,20). The monoisotopic (exact) mass is 307 g/mol. The van der Waals surface area contributed by atoms with Crippen molar-refractivity contribution in [1.29, 1.82) is 0 Å². The van der Waals surface area contributed by atoms with E-state index < -0.39 is 0 Å². The fourth-order valence-electron chi connectivity index (χ4n) is 1.91. The molecule has 1 aromatic carbocycles. The van der Waals surface area contributed by atoms with Crippen molar-refractivity contribution in [3.63, 3.8) is 0 Å². The van der Waals surface area contributed by atoms with Gasteiger partial charge in [-0.15, -0.1) is 11.8 Å². The van der Waals surface area contributed by atoms with Crippen LogP contribution in [0.2, 0.25) is 0 Å². The summed E-state index contributed by atoms with van der Waals surface area (Å²) < 4.78 is 12.8. The lowest BCUT2D eigenvalue weighted by atomic mass is 10.2. The first-order valence-electron chi connectivity index (χ1n) is 6.80. The lowest BCUT2D eigenvalue weighted by molar-refractivity contribution is -0.119. The third-order valence-corrected chi connectivity index (χ3v) is 4.01. The maximum atomic E-state index is 12.8. The number of halogens is 1. The first-order valence-corrected chi connectivity index (χ1v) is 7.95. The number of aromatic nitrogens is 2. The number of hydrogen-bond donors (Lipinski definition) is 2. The average molecular weight is 307 g/mol. The van der Waals surface area contributed by atoms with Gasteiger partial charge >= 0.3 is 0 Å². The van der Waals surface area contributed by atoms with Crippen LogP contribution in [0.25, 0.3) is 0 Å². The number of carbonyl (C=O) groups excluding carboxylic acids is 1. The highest BCUT2D eigenvalue weighted by molar-refractivity contribution is 7.99. The van der Waals surface area contributed by atoms with E-state index in [9.17, 15) is 9.18 Å². The highest BCUT2D eigenvalue weighted by Gasteiger charge is 2.14. The van der Waals surface area contributed by atoms with Gasteiger partial charge in [0.15, 0.2) is 0 Å². The summed E-state index contributed by atoms with van der Waals surface area (Å²) in [6, 6.07) is 6.24. The van der Waals surface area contributed by atoms with Gasteiger partial charge in [-0.25, -0.2) is 9.37 Å². The van der Waals surface area contributed by atoms with Gasteiger partial charge in [0.05, 0.1) is 11.8 Å². The Labute approximate surface area is 127 Å². The number of imidazole rings is 1. The van der Waals surface area contributed by atoms with E-state index in [4.69, 9.17) is 0 Å². The minimum absolute atomic E-state index is 0.0228. The topological polar surface area (TPSA) is 57.8 Å². The molecule has 0 bridgehead atoms. The minimum Gasteiger partial charge on any atom is -0.347 e. The zero-order valence-electron chi connectivity index (χ0n) is 11.8. The fourth-order valence-corrected chi connectivity index (χ4v) is 2.71. The number of nitrogens with one attached hydrogen (secondary N) is 2. The molecule has 1 atom stereocenters. The molecule has 0 saturated heterocycles. The molecule has 2 N–H and O–H groups in total. The Morgan fingerprint density at radius 1 is 1.43 bits per heavy atom. The van der Waals surface area contributed by atoms with Crippen LogP contribution in [-0.2, 0) is 10.5 Å². The number of rotatable bonds is 7. The van der Waals surface area contributed by atoms with Crippen molar-refractivity contribution in [2.45, 2.75) is 25.1 Å². The maximum Gasteiger partial charge on any atom is 0.230 e. The van der Waals surface area contributed by atoms with Crippen LogP contribution in [0.15, 0.2) is 36.7 Å².